The Morgan fingerprint density at radius 2 is 1.62 bits per heavy atom. The van der Waals surface area contributed by atoms with Gasteiger partial charge in [0.1, 0.15) is 5.84 Å². The van der Waals surface area contributed by atoms with E-state index in [0.29, 0.717) is 23.4 Å². The van der Waals surface area contributed by atoms with Crippen LogP contribution in [0.25, 0.3) is 0 Å². The van der Waals surface area contributed by atoms with E-state index < -0.39 is 0 Å². The van der Waals surface area contributed by atoms with Crippen molar-refractivity contribution in [3.8, 4) is 0 Å². The number of nitrogens with zero attached hydrogens (tertiary/aromatic N) is 3. The van der Waals surface area contributed by atoms with Gasteiger partial charge in [-0.1, -0.05) is 30.3 Å². The van der Waals surface area contributed by atoms with Crippen LogP contribution in [0.2, 0.25) is 0 Å². The maximum absolute atomic E-state index is 12.2. The van der Waals surface area contributed by atoms with E-state index in [1.54, 1.807) is 13.8 Å². The van der Waals surface area contributed by atoms with Crippen molar-refractivity contribution in [1.29, 1.82) is 0 Å². The van der Waals surface area contributed by atoms with Crippen LogP contribution in [0.4, 0.5) is 0 Å². The lowest BCUT2D eigenvalue weighted by molar-refractivity contribution is -0.132. The summed E-state index contributed by atoms with van der Waals surface area (Å²) in [5.74, 6) is 0.0225. The standard InChI is InChI=1S/C16H17N3O2/c1-10-11(2)16(21)19(15(10)20)14-9-13(18(3)17-14)12-7-5-4-6-8-12/h4-8,13H,9H2,1-3H3. The Bertz CT molecular complexity index is 652. The van der Waals surface area contributed by atoms with E-state index in [2.05, 4.69) is 5.10 Å². The molecule has 5 heteroatoms. The van der Waals surface area contributed by atoms with Crippen molar-refractivity contribution in [1.82, 2.24) is 9.91 Å². The SMILES string of the molecule is CC1=C(C)C(=O)N(C2=NN(C)C(c3ccccc3)C2)C1=O. The normalized spacial score (nSPS) is 22.4. The first kappa shape index (κ1) is 13.5. The van der Waals surface area contributed by atoms with E-state index in [4.69, 9.17) is 0 Å². The van der Waals surface area contributed by atoms with Crippen LogP contribution < -0.4 is 0 Å². The van der Waals surface area contributed by atoms with Gasteiger partial charge in [-0.2, -0.15) is 5.10 Å². The minimum Gasteiger partial charge on any atom is -0.290 e. The quantitative estimate of drug-likeness (QED) is 0.741. The Morgan fingerprint density at radius 1 is 1.05 bits per heavy atom. The fourth-order valence-electron chi connectivity index (χ4n) is 2.73. The molecule has 0 radical (unpaired) electrons. The van der Waals surface area contributed by atoms with Crippen molar-refractivity contribution in [3.63, 3.8) is 0 Å². The number of amides is 2. The number of imide groups is 1. The van der Waals surface area contributed by atoms with Crippen LogP contribution >= 0.6 is 0 Å². The lowest BCUT2D eigenvalue weighted by Crippen LogP contribution is -2.36. The Kier molecular flexibility index (Phi) is 3.12. The maximum Gasteiger partial charge on any atom is 0.262 e. The van der Waals surface area contributed by atoms with Gasteiger partial charge in [-0.05, 0) is 19.4 Å². The summed E-state index contributed by atoms with van der Waals surface area (Å²) in [6, 6.07) is 10.0. The van der Waals surface area contributed by atoms with E-state index in [-0.39, 0.29) is 17.9 Å². The number of benzene rings is 1. The fraction of sp³-hybridized carbons (Fsp3) is 0.312. The molecule has 108 valence electrons. The summed E-state index contributed by atoms with van der Waals surface area (Å²) in [7, 11) is 1.86. The molecule has 2 aliphatic heterocycles. The highest BCUT2D eigenvalue weighted by Gasteiger charge is 2.40. The van der Waals surface area contributed by atoms with Crippen LogP contribution in [-0.2, 0) is 9.59 Å². The Hall–Kier alpha value is -2.43. The van der Waals surface area contributed by atoms with Crippen molar-refractivity contribution in [2.45, 2.75) is 26.3 Å². The minimum absolute atomic E-state index is 0.0583. The molecule has 0 fully saturated rings. The van der Waals surface area contributed by atoms with Crippen molar-refractivity contribution in [3.05, 3.63) is 47.0 Å². The molecule has 0 bridgehead atoms. The molecule has 0 spiro atoms. The zero-order valence-corrected chi connectivity index (χ0v) is 12.3. The van der Waals surface area contributed by atoms with Gasteiger partial charge in [-0.25, -0.2) is 4.90 Å². The Labute approximate surface area is 123 Å². The van der Waals surface area contributed by atoms with Crippen molar-refractivity contribution < 1.29 is 9.59 Å². The summed E-state index contributed by atoms with van der Waals surface area (Å²) in [5, 5.41) is 6.22. The van der Waals surface area contributed by atoms with Crippen molar-refractivity contribution >= 4 is 17.6 Å². The molecule has 1 unspecified atom stereocenters. The van der Waals surface area contributed by atoms with Gasteiger partial charge in [0, 0.05) is 24.6 Å². The second-order valence-corrected chi connectivity index (χ2v) is 5.42. The van der Waals surface area contributed by atoms with E-state index >= 15 is 0 Å². The van der Waals surface area contributed by atoms with Crippen LogP contribution in [0.3, 0.4) is 0 Å². The highest BCUT2D eigenvalue weighted by molar-refractivity contribution is 6.28. The minimum atomic E-state index is -0.252. The van der Waals surface area contributed by atoms with Crippen LogP contribution in [0.1, 0.15) is 31.9 Å². The number of amidine groups is 1. The molecule has 0 aliphatic carbocycles. The first-order valence-corrected chi connectivity index (χ1v) is 6.92. The number of rotatable bonds is 1. The van der Waals surface area contributed by atoms with Gasteiger partial charge >= 0.3 is 0 Å². The molecular weight excluding hydrogens is 266 g/mol. The molecule has 1 atom stereocenters. The van der Waals surface area contributed by atoms with Crippen LogP contribution in [0.5, 0.6) is 0 Å². The maximum atomic E-state index is 12.2. The Morgan fingerprint density at radius 3 is 2.19 bits per heavy atom. The van der Waals surface area contributed by atoms with Gasteiger partial charge in [0.15, 0.2) is 0 Å². The number of carbonyl (C=O) groups excluding carboxylic acids is 2. The Balaban J connectivity index is 1.86. The van der Waals surface area contributed by atoms with E-state index in [1.807, 2.05) is 42.4 Å². The molecule has 2 heterocycles. The molecule has 1 aromatic rings. The summed E-state index contributed by atoms with van der Waals surface area (Å²) in [6.45, 7) is 3.37. The summed E-state index contributed by atoms with van der Waals surface area (Å²) in [4.78, 5) is 25.6. The fourth-order valence-corrected chi connectivity index (χ4v) is 2.73. The summed E-state index contributed by atoms with van der Waals surface area (Å²) < 4.78 is 0. The van der Waals surface area contributed by atoms with Crippen LogP contribution in [0, 0.1) is 0 Å². The average molecular weight is 283 g/mol. The van der Waals surface area contributed by atoms with Gasteiger partial charge < -0.3 is 0 Å². The highest BCUT2D eigenvalue weighted by Crippen LogP contribution is 2.32. The first-order valence-electron chi connectivity index (χ1n) is 6.92. The molecule has 2 aliphatic rings. The zero-order valence-electron chi connectivity index (χ0n) is 12.3. The van der Waals surface area contributed by atoms with E-state index in [0.717, 1.165) is 5.56 Å². The monoisotopic (exact) mass is 283 g/mol. The summed E-state index contributed by atoms with van der Waals surface area (Å²) in [5.41, 5.74) is 2.14. The topological polar surface area (TPSA) is 53.0 Å². The number of hydrazone groups is 1. The van der Waals surface area contributed by atoms with Crippen molar-refractivity contribution in [2.24, 2.45) is 5.10 Å². The molecule has 0 N–H and O–H groups in total. The average Bonchev–Trinajstić information content (AvgIpc) is 2.95. The third-order valence-electron chi connectivity index (χ3n) is 4.15. The predicted molar refractivity (Wildman–Crippen MR) is 79.2 cm³/mol. The lowest BCUT2D eigenvalue weighted by atomic mass is 10.0. The predicted octanol–water partition coefficient (Wildman–Crippen LogP) is 2.08. The molecule has 0 saturated heterocycles. The van der Waals surface area contributed by atoms with E-state index in [1.165, 1.54) is 4.90 Å². The lowest BCUT2D eigenvalue weighted by Gasteiger charge is -2.18. The van der Waals surface area contributed by atoms with Gasteiger partial charge in [0.2, 0.25) is 0 Å². The third kappa shape index (κ3) is 2.05. The number of hydrogen-bond acceptors (Lipinski definition) is 4. The largest absolute Gasteiger partial charge is 0.290 e. The molecular formula is C16H17N3O2. The number of hydrogen-bond donors (Lipinski definition) is 0. The summed E-state index contributed by atoms with van der Waals surface area (Å²) >= 11 is 0. The molecule has 1 aromatic carbocycles. The third-order valence-corrected chi connectivity index (χ3v) is 4.15. The van der Waals surface area contributed by atoms with Crippen molar-refractivity contribution in [2.75, 3.05) is 7.05 Å². The highest BCUT2D eigenvalue weighted by atomic mass is 16.2. The van der Waals surface area contributed by atoms with Gasteiger partial charge in [0.25, 0.3) is 11.8 Å². The second kappa shape index (κ2) is 4.84. The number of carbonyl (C=O) groups is 2. The second-order valence-electron chi connectivity index (χ2n) is 5.42. The molecule has 0 aromatic heterocycles. The molecule has 5 nitrogen and oxygen atoms in total. The smallest absolute Gasteiger partial charge is 0.262 e. The van der Waals surface area contributed by atoms with Crippen LogP contribution in [-0.4, -0.2) is 34.6 Å². The zero-order chi connectivity index (χ0) is 15.1. The van der Waals surface area contributed by atoms with Gasteiger partial charge in [-0.3, -0.25) is 14.6 Å². The molecule has 3 rings (SSSR count). The first-order chi connectivity index (χ1) is 10.0. The van der Waals surface area contributed by atoms with Gasteiger partial charge in [-0.15, -0.1) is 0 Å². The van der Waals surface area contributed by atoms with Crippen LogP contribution in [0.15, 0.2) is 46.6 Å². The van der Waals surface area contributed by atoms with Gasteiger partial charge in [0.05, 0.1) is 6.04 Å². The summed E-state index contributed by atoms with van der Waals surface area (Å²) in [6.07, 6.45) is 0.554. The van der Waals surface area contributed by atoms with E-state index in [9.17, 15) is 9.59 Å². The molecule has 21 heavy (non-hydrogen) atoms. The molecule has 2 amide bonds. The molecule has 0 saturated carbocycles.